The average molecular weight is 226 g/mol. The van der Waals surface area contributed by atoms with Crippen LogP contribution in [0.3, 0.4) is 0 Å². The van der Waals surface area contributed by atoms with Crippen molar-refractivity contribution < 1.29 is 9.53 Å². The quantitative estimate of drug-likeness (QED) is 0.714. The zero-order valence-corrected chi connectivity index (χ0v) is 10.3. The SMILES string of the molecule is CC(C)(C)OC(=O)N[C@H]1C[C@H]2CC(N)C[C@H]21. The second-order valence-corrected chi connectivity index (χ2v) is 6.14. The summed E-state index contributed by atoms with van der Waals surface area (Å²) in [6.07, 6.45) is 2.94. The molecule has 0 spiro atoms. The molecule has 0 aromatic heterocycles. The molecule has 0 heterocycles. The number of nitrogens with one attached hydrogen (secondary N) is 1. The van der Waals surface area contributed by atoms with E-state index in [0.717, 1.165) is 25.2 Å². The van der Waals surface area contributed by atoms with Crippen molar-refractivity contribution in [2.24, 2.45) is 17.6 Å². The third-order valence-electron chi connectivity index (χ3n) is 3.56. The second kappa shape index (κ2) is 3.91. The third kappa shape index (κ3) is 2.48. The Balaban J connectivity index is 1.78. The molecule has 0 aromatic rings. The van der Waals surface area contributed by atoms with Crippen molar-refractivity contribution in [3.63, 3.8) is 0 Å². The normalized spacial score (nSPS) is 37.5. The van der Waals surface area contributed by atoms with E-state index in [-0.39, 0.29) is 12.1 Å². The molecule has 4 atom stereocenters. The highest BCUT2D eigenvalue weighted by Gasteiger charge is 2.47. The maximum atomic E-state index is 11.6. The van der Waals surface area contributed by atoms with Crippen LogP contribution in [-0.2, 0) is 4.74 Å². The van der Waals surface area contributed by atoms with Gasteiger partial charge in [0.25, 0.3) is 0 Å². The number of rotatable bonds is 1. The summed E-state index contributed by atoms with van der Waals surface area (Å²) in [5, 5.41) is 2.95. The van der Waals surface area contributed by atoms with Crippen LogP contribution in [0.25, 0.3) is 0 Å². The summed E-state index contributed by atoms with van der Waals surface area (Å²) in [4.78, 5) is 11.6. The van der Waals surface area contributed by atoms with E-state index < -0.39 is 5.60 Å². The van der Waals surface area contributed by atoms with Gasteiger partial charge in [0, 0.05) is 12.1 Å². The predicted octanol–water partition coefficient (Wildman–Crippen LogP) is 1.64. The van der Waals surface area contributed by atoms with E-state index in [4.69, 9.17) is 10.5 Å². The van der Waals surface area contributed by atoms with Gasteiger partial charge in [0.1, 0.15) is 5.60 Å². The van der Waals surface area contributed by atoms with Crippen LogP contribution < -0.4 is 11.1 Å². The van der Waals surface area contributed by atoms with E-state index in [1.165, 1.54) is 0 Å². The van der Waals surface area contributed by atoms with Crippen molar-refractivity contribution in [3.8, 4) is 0 Å². The largest absolute Gasteiger partial charge is 0.444 e. The summed E-state index contributed by atoms with van der Waals surface area (Å²) < 4.78 is 5.24. The van der Waals surface area contributed by atoms with Crippen molar-refractivity contribution in [1.29, 1.82) is 0 Å². The lowest BCUT2D eigenvalue weighted by molar-refractivity contribution is 0.0385. The highest BCUT2D eigenvalue weighted by atomic mass is 16.6. The van der Waals surface area contributed by atoms with Crippen LogP contribution in [0, 0.1) is 11.8 Å². The summed E-state index contributed by atoms with van der Waals surface area (Å²) >= 11 is 0. The van der Waals surface area contributed by atoms with E-state index in [1.54, 1.807) is 0 Å². The predicted molar refractivity (Wildman–Crippen MR) is 62.0 cm³/mol. The van der Waals surface area contributed by atoms with Gasteiger partial charge >= 0.3 is 6.09 Å². The summed E-state index contributed by atoms with van der Waals surface area (Å²) in [7, 11) is 0. The number of carbonyl (C=O) groups is 1. The van der Waals surface area contributed by atoms with Gasteiger partial charge in [0.05, 0.1) is 0 Å². The van der Waals surface area contributed by atoms with Crippen LogP contribution in [0.2, 0.25) is 0 Å². The maximum Gasteiger partial charge on any atom is 0.407 e. The first-order chi connectivity index (χ1) is 7.35. The molecule has 4 heteroatoms. The lowest BCUT2D eigenvalue weighted by Gasteiger charge is -2.40. The summed E-state index contributed by atoms with van der Waals surface area (Å²) in [5.74, 6) is 1.32. The fraction of sp³-hybridized carbons (Fsp3) is 0.917. The Bertz CT molecular complexity index is 285. The van der Waals surface area contributed by atoms with Crippen molar-refractivity contribution in [3.05, 3.63) is 0 Å². The minimum Gasteiger partial charge on any atom is -0.444 e. The van der Waals surface area contributed by atoms with Crippen LogP contribution in [0.4, 0.5) is 4.79 Å². The molecule has 1 amide bonds. The van der Waals surface area contributed by atoms with Gasteiger partial charge in [0.15, 0.2) is 0 Å². The molecule has 0 bridgehead atoms. The molecule has 3 N–H and O–H groups in total. The first-order valence-corrected chi connectivity index (χ1v) is 6.10. The van der Waals surface area contributed by atoms with Crippen LogP contribution in [0.1, 0.15) is 40.0 Å². The standard InChI is InChI=1S/C12H22N2O2/c1-12(2,3)16-11(15)14-10-5-7-4-8(13)6-9(7)10/h7-10H,4-6,13H2,1-3H3,(H,14,15)/t7-,8?,9-,10+/m1/s1. The number of amides is 1. The van der Waals surface area contributed by atoms with Gasteiger partial charge in [-0.1, -0.05) is 0 Å². The first kappa shape index (κ1) is 11.7. The zero-order chi connectivity index (χ0) is 11.9. The molecule has 0 radical (unpaired) electrons. The molecule has 2 aliphatic carbocycles. The fourth-order valence-electron chi connectivity index (χ4n) is 2.90. The van der Waals surface area contributed by atoms with E-state index in [2.05, 4.69) is 5.32 Å². The number of nitrogens with two attached hydrogens (primary N) is 1. The highest BCUT2D eigenvalue weighted by molar-refractivity contribution is 5.68. The van der Waals surface area contributed by atoms with Gasteiger partial charge in [-0.15, -0.1) is 0 Å². The lowest BCUT2D eigenvalue weighted by atomic mass is 9.71. The number of fused-ring (bicyclic) bond motifs is 1. The lowest BCUT2D eigenvalue weighted by Crippen LogP contribution is -2.51. The Hall–Kier alpha value is -0.770. The molecule has 16 heavy (non-hydrogen) atoms. The molecule has 0 saturated heterocycles. The van der Waals surface area contributed by atoms with E-state index >= 15 is 0 Å². The Kier molecular flexibility index (Phi) is 2.86. The average Bonchev–Trinajstić information content (AvgIpc) is 2.36. The monoisotopic (exact) mass is 226 g/mol. The first-order valence-electron chi connectivity index (χ1n) is 6.10. The van der Waals surface area contributed by atoms with Gasteiger partial charge in [-0.05, 0) is 51.9 Å². The molecule has 2 rings (SSSR count). The van der Waals surface area contributed by atoms with Gasteiger partial charge in [-0.2, -0.15) is 0 Å². The van der Waals surface area contributed by atoms with Crippen molar-refractivity contribution in [2.75, 3.05) is 0 Å². The molecule has 1 unspecified atom stereocenters. The summed E-state index contributed by atoms with van der Waals surface area (Å²) in [6, 6.07) is 0.619. The molecule has 0 aromatic carbocycles. The summed E-state index contributed by atoms with van der Waals surface area (Å²) in [5.41, 5.74) is 5.49. The molecule has 0 aliphatic heterocycles. The smallest absolute Gasteiger partial charge is 0.407 e. The van der Waals surface area contributed by atoms with Crippen molar-refractivity contribution in [1.82, 2.24) is 5.32 Å². The molecular weight excluding hydrogens is 204 g/mol. The molecule has 2 fully saturated rings. The zero-order valence-electron chi connectivity index (χ0n) is 10.3. The van der Waals surface area contributed by atoms with Crippen molar-refractivity contribution >= 4 is 6.09 Å². The van der Waals surface area contributed by atoms with Crippen LogP contribution in [0.15, 0.2) is 0 Å². The number of hydrogen-bond donors (Lipinski definition) is 2. The Morgan fingerprint density at radius 2 is 2.00 bits per heavy atom. The van der Waals surface area contributed by atoms with Gasteiger partial charge < -0.3 is 15.8 Å². The molecule has 92 valence electrons. The van der Waals surface area contributed by atoms with Crippen LogP contribution in [0.5, 0.6) is 0 Å². The summed E-state index contributed by atoms with van der Waals surface area (Å²) in [6.45, 7) is 5.63. The highest BCUT2D eigenvalue weighted by Crippen LogP contribution is 2.46. The Labute approximate surface area is 96.9 Å². The minimum absolute atomic E-state index is 0.286. The molecular formula is C12H22N2O2. The Morgan fingerprint density at radius 1 is 1.31 bits per heavy atom. The second-order valence-electron chi connectivity index (χ2n) is 6.14. The number of hydrogen-bond acceptors (Lipinski definition) is 3. The van der Waals surface area contributed by atoms with E-state index in [1.807, 2.05) is 20.8 Å². The number of alkyl carbamates (subject to hydrolysis) is 1. The van der Waals surface area contributed by atoms with Crippen LogP contribution >= 0.6 is 0 Å². The van der Waals surface area contributed by atoms with Crippen molar-refractivity contribution in [2.45, 2.75) is 57.7 Å². The van der Waals surface area contributed by atoms with Gasteiger partial charge in [-0.3, -0.25) is 0 Å². The number of carbonyl (C=O) groups excluding carboxylic acids is 1. The molecule has 4 nitrogen and oxygen atoms in total. The van der Waals surface area contributed by atoms with E-state index in [0.29, 0.717) is 12.0 Å². The number of ether oxygens (including phenoxy) is 1. The van der Waals surface area contributed by atoms with E-state index in [9.17, 15) is 4.79 Å². The maximum absolute atomic E-state index is 11.6. The van der Waals surface area contributed by atoms with Gasteiger partial charge in [-0.25, -0.2) is 4.79 Å². The Morgan fingerprint density at radius 3 is 2.56 bits per heavy atom. The van der Waals surface area contributed by atoms with Crippen LogP contribution in [-0.4, -0.2) is 23.8 Å². The topological polar surface area (TPSA) is 64.3 Å². The molecule has 2 aliphatic rings. The third-order valence-corrected chi connectivity index (χ3v) is 3.56. The fourth-order valence-corrected chi connectivity index (χ4v) is 2.90. The minimum atomic E-state index is -0.417. The molecule has 2 saturated carbocycles. The van der Waals surface area contributed by atoms with Gasteiger partial charge in [0.2, 0.25) is 0 Å².